The van der Waals surface area contributed by atoms with Gasteiger partial charge in [0.25, 0.3) is 0 Å². The molecule has 1 amide bonds. The van der Waals surface area contributed by atoms with E-state index in [1.54, 1.807) is 0 Å². The van der Waals surface area contributed by atoms with Gasteiger partial charge in [0.05, 0.1) is 0 Å². The van der Waals surface area contributed by atoms with Crippen molar-refractivity contribution >= 4 is 11.6 Å². The molecule has 1 atom stereocenters. The van der Waals surface area contributed by atoms with Crippen molar-refractivity contribution in [3.63, 3.8) is 0 Å². The van der Waals surface area contributed by atoms with Gasteiger partial charge in [-0.25, -0.2) is 0 Å². The van der Waals surface area contributed by atoms with Crippen LogP contribution in [0.25, 0.3) is 0 Å². The van der Waals surface area contributed by atoms with E-state index in [9.17, 15) is 4.79 Å². The van der Waals surface area contributed by atoms with Gasteiger partial charge in [0.15, 0.2) is 0 Å². The van der Waals surface area contributed by atoms with Crippen LogP contribution in [0.5, 0.6) is 0 Å². The molecule has 0 fully saturated rings. The number of unbranched alkanes of at least 4 members (excludes halogenated alkanes) is 4. The lowest BCUT2D eigenvalue weighted by Crippen LogP contribution is -2.29. The molecule has 1 heterocycles. The molecule has 144 valence electrons. The van der Waals surface area contributed by atoms with Crippen LogP contribution in [0.3, 0.4) is 0 Å². The van der Waals surface area contributed by atoms with Gasteiger partial charge in [-0.05, 0) is 43.4 Å². The van der Waals surface area contributed by atoms with Crippen molar-refractivity contribution in [2.75, 3.05) is 11.4 Å². The predicted octanol–water partition coefficient (Wildman–Crippen LogP) is 6.42. The van der Waals surface area contributed by atoms with Gasteiger partial charge in [-0.3, -0.25) is 4.79 Å². The van der Waals surface area contributed by atoms with Crippen LogP contribution in [0.15, 0.2) is 48.5 Å². The van der Waals surface area contributed by atoms with E-state index in [0.29, 0.717) is 18.2 Å². The number of amides is 1. The Kier molecular flexibility index (Phi) is 7.09. The minimum atomic E-state index is 0.304. The zero-order valence-electron chi connectivity index (χ0n) is 16.9. The summed E-state index contributed by atoms with van der Waals surface area (Å²) in [7, 11) is 0. The Morgan fingerprint density at radius 3 is 2.59 bits per heavy atom. The molecule has 0 radical (unpaired) electrons. The number of nitrogens with zero attached hydrogens (tertiary/aromatic N) is 1. The van der Waals surface area contributed by atoms with Crippen LogP contribution in [0.1, 0.15) is 74.5 Å². The van der Waals surface area contributed by atoms with Crippen LogP contribution in [0, 0.1) is 6.92 Å². The highest BCUT2D eigenvalue weighted by molar-refractivity contribution is 5.95. The molecule has 0 spiro atoms. The maximum Gasteiger partial charge on any atom is 0.227 e. The van der Waals surface area contributed by atoms with Gasteiger partial charge in [-0.1, -0.05) is 80.6 Å². The highest BCUT2D eigenvalue weighted by Gasteiger charge is 2.31. The third kappa shape index (κ3) is 5.22. The average Bonchev–Trinajstić information content (AvgIpc) is 3.04. The molecule has 2 nitrogen and oxygen atoms in total. The van der Waals surface area contributed by atoms with E-state index in [0.717, 1.165) is 31.5 Å². The first-order valence-corrected chi connectivity index (χ1v) is 10.6. The second kappa shape index (κ2) is 9.73. The molecule has 0 aromatic heterocycles. The molecule has 2 aromatic carbocycles. The third-order valence-corrected chi connectivity index (χ3v) is 5.74. The van der Waals surface area contributed by atoms with Gasteiger partial charge in [0.1, 0.15) is 0 Å². The molecular formula is C25H33NO. The number of carbonyl (C=O) groups is 1. The first-order chi connectivity index (χ1) is 13.2. The molecule has 0 aliphatic carbocycles. The van der Waals surface area contributed by atoms with E-state index in [4.69, 9.17) is 0 Å². The predicted molar refractivity (Wildman–Crippen MR) is 114 cm³/mol. The van der Waals surface area contributed by atoms with E-state index in [1.807, 2.05) is 0 Å². The fourth-order valence-corrected chi connectivity index (χ4v) is 4.15. The SMILES string of the molecule is CCCCCCCC(=O)N1CC(CCc2ccccc2)c2cc(C)ccc21. The molecule has 0 bridgehead atoms. The minimum absolute atomic E-state index is 0.304. The van der Waals surface area contributed by atoms with Crippen LogP contribution in [0.4, 0.5) is 5.69 Å². The van der Waals surface area contributed by atoms with Crippen molar-refractivity contribution in [2.45, 2.75) is 71.1 Å². The second-order valence-corrected chi connectivity index (χ2v) is 7.95. The molecule has 0 saturated carbocycles. The van der Waals surface area contributed by atoms with Gasteiger partial charge in [0.2, 0.25) is 5.91 Å². The maximum atomic E-state index is 12.9. The summed E-state index contributed by atoms with van der Waals surface area (Å²) in [6, 6.07) is 17.3. The molecule has 1 unspecified atom stereocenters. The summed E-state index contributed by atoms with van der Waals surface area (Å²) in [4.78, 5) is 14.9. The summed E-state index contributed by atoms with van der Waals surface area (Å²) in [5.74, 6) is 0.753. The molecule has 2 aromatic rings. The second-order valence-electron chi connectivity index (χ2n) is 7.95. The van der Waals surface area contributed by atoms with Gasteiger partial charge >= 0.3 is 0 Å². The Hall–Kier alpha value is -2.09. The van der Waals surface area contributed by atoms with Crippen LogP contribution in [0.2, 0.25) is 0 Å². The molecular weight excluding hydrogens is 330 g/mol. The average molecular weight is 364 g/mol. The largest absolute Gasteiger partial charge is 0.312 e. The number of hydrogen-bond donors (Lipinski definition) is 0. The standard InChI is InChI=1S/C25H33NO/c1-3-4-5-6-10-13-25(27)26-19-22(16-15-21-11-8-7-9-12-21)23-18-20(2)14-17-24(23)26/h7-9,11-12,14,17-18,22H,3-6,10,13,15-16,19H2,1-2H3. The van der Waals surface area contributed by atoms with Gasteiger partial charge in [-0.2, -0.15) is 0 Å². The van der Waals surface area contributed by atoms with Gasteiger partial charge in [-0.15, -0.1) is 0 Å². The highest BCUT2D eigenvalue weighted by atomic mass is 16.2. The van der Waals surface area contributed by atoms with Crippen molar-refractivity contribution in [1.29, 1.82) is 0 Å². The Labute approximate surface area is 164 Å². The lowest BCUT2D eigenvalue weighted by Gasteiger charge is -2.18. The number of rotatable bonds is 9. The van der Waals surface area contributed by atoms with Crippen LogP contribution in [-0.2, 0) is 11.2 Å². The summed E-state index contributed by atoms with van der Waals surface area (Å²) in [5.41, 5.74) is 5.18. The van der Waals surface area contributed by atoms with E-state index in [2.05, 4.69) is 67.3 Å². The van der Waals surface area contributed by atoms with Crippen molar-refractivity contribution in [1.82, 2.24) is 0 Å². The fraction of sp³-hybridized carbons (Fsp3) is 0.480. The van der Waals surface area contributed by atoms with Gasteiger partial charge in [0, 0.05) is 24.6 Å². The minimum Gasteiger partial charge on any atom is -0.312 e. The van der Waals surface area contributed by atoms with E-state index in [-0.39, 0.29) is 0 Å². The quantitative estimate of drug-likeness (QED) is 0.471. The Morgan fingerprint density at radius 1 is 1.04 bits per heavy atom. The van der Waals surface area contributed by atoms with Crippen molar-refractivity contribution in [3.05, 3.63) is 65.2 Å². The summed E-state index contributed by atoms with van der Waals surface area (Å²) in [6.45, 7) is 5.22. The lowest BCUT2D eigenvalue weighted by molar-refractivity contribution is -0.118. The zero-order chi connectivity index (χ0) is 19.1. The summed E-state index contributed by atoms with van der Waals surface area (Å²) >= 11 is 0. The Morgan fingerprint density at radius 2 is 1.81 bits per heavy atom. The van der Waals surface area contributed by atoms with Crippen LogP contribution in [-0.4, -0.2) is 12.5 Å². The lowest BCUT2D eigenvalue weighted by atomic mass is 9.93. The van der Waals surface area contributed by atoms with E-state index < -0.39 is 0 Å². The third-order valence-electron chi connectivity index (χ3n) is 5.74. The highest BCUT2D eigenvalue weighted by Crippen LogP contribution is 2.39. The van der Waals surface area contributed by atoms with Crippen LogP contribution >= 0.6 is 0 Å². The molecule has 27 heavy (non-hydrogen) atoms. The number of anilines is 1. The molecule has 2 heteroatoms. The Balaban J connectivity index is 1.64. The number of fused-ring (bicyclic) bond motifs is 1. The molecule has 3 rings (SSSR count). The topological polar surface area (TPSA) is 20.3 Å². The molecule has 1 aliphatic heterocycles. The zero-order valence-corrected chi connectivity index (χ0v) is 16.9. The maximum absolute atomic E-state index is 12.9. The van der Waals surface area contributed by atoms with Crippen molar-refractivity contribution in [2.24, 2.45) is 0 Å². The van der Waals surface area contributed by atoms with Crippen LogP contribution < -0.4 is 4.90 Å². The fourth-order valence-electron chi connectivity index (χ4n) is 4.15. The smallest absolute Gasteiger partial charge is 0.227 e. The van der Waals surface area contributed by atoms with Crippen molar-refractivity contribution < 1.29 is 4.79 Å². The number of hydrogen-bond acceptors (Lipinski definition) is 1. The first kappa shape index (κ1) is 19.7. The molecule has 0 saturated heterocycles. The van der Waals surface area contributed by atoms with E-state index >= 15 is 0 Å². The summed E-state index contributed by atoms with van der Waals surface area (Å²) < 4.78 is 0. The molecule has 1 aliphatic rings. The summed E-state index contributed by atoms with van der Waals surface area (Å²) in [5, 5.41) is 0. The van der Waals surface area contributed by atoms with Gasteiger partial charge < -0.3 is 4.90 Å². The number of aryl methyl sites for hydroxylation is 2. The van der Waals surface area contributed by atoms with E-state index in [1.165, 1.54) is 42.4 Å². The summed E-state index contributed by atoms with van der Waals surface area (Å²) in [6.07, 6.45) is 8.81. The van der Waals surface area contributed by atoms with Crippen molar-refractivity contribution in [3.8, 4) is 0 Å². The monoisotopic (exact) mass is 363 g/mol. The number of benzene rings is 2. The first-order valence-electron chi connectivity index (χ1n) is 10.6. The Bertz CT molecular complexity index is 737. The molecule has 0 N–H and O–H groups in total. The number of carbonyl (C=O) groups excluding carboxylic acids is 1. The normalized spacial score (nSPS) is 15.8.